The molecule has 0 spiro atoms. The molecule has 1 saturated heterocycles. The van der Waals surface area contributed by atoms with Gasteiger partial charge >= 0.3 is 11.8 Å². The van der Waals surface area contributed by atoms with Gasteiger partial charge in [-0.1, -0.05) is 12.1 Å². The summed E-state index contributed by atoms with van der Waals surface area (Å²) in [6, 6.07) is 11.3. The highest BCUT2D eigenvalue weighted by atomic mass is 32.2. The average molecular weight is 478 g/mol. The predicted molar refractivity (Wildman–Crippen MR) is 121 cm³/mol. The first-order chi connectivity index (χ1) is 15.8. The minimum Gasteiger partial charge on any atom is -0.497 e. The summed E-state index contributed by atoms with van der Waals surface area (Å²) in [5.41, 5.74) is 1.14. The van der Waals surface area contributed by atoms with Gasteiger partial charge in [0, 0.05) is 25.7 Å². The highest BCUT2D eigenvalue weighted by Gasteiger charge is 2.26. The van der Waals surface area contributed by atoms with Crippen LogP contribution in [0, 0.1) is 0 Å². The topological polar surface area (TPSA) is 123 Å². The molecule has 10 nitrogen and oxygen atoms in total. The van der Waals surface area contributed by atoms with Gasteiger partial charge in [0.25, 0.3) is 0 Å². The van der Waals surface area contributed by atoms with Gasteiger partial charge in [-0.2, -0.15) is 4.31 Å². The smallest absolute Gasteiger partial charge is 0.313 e. The molecule has 178 valence electrons. The number of methoxy groups -OCH3 is 2. The standard InChI is InChI=1S/C22H27N3O7S/c1-30-17-5-8-20(31-2)19(15-17)24-22(27)21(26)23-10-9-16-3-6-18(7-4-16)33(28,29)25-11-13-32-14-12-25/h3-8,15H,9-14H2,1-2H3,(H,23,26)(H,24,27). The zero-order chi connectivity index (χ0) is 23.8. The number of morpholine rings is 1. The van der Waals surface area contributed by atoms with E-state index in [1.54, 1.807) is 42.5 Å². The van der Waals surface area contributed by atoms with Gasteiger partial charge in [-0.3, -0.25) is 9.59 Å². The van der Waals surface area contributed by atoms with Crippen LogP contribution >= 0.6 is 0 Å². The van der Waals surface area contributed by atoms with Crippen molar-refractivity contribution in [3.63, 3.8) is 0 Å². The van der Waals surface area contributed by atoms with Crippen molar-refractivity contribution >= 4 is 27.5 Å². The first-order valence-electron chi connectivity index (χ1n) is 10.3. The molecule has 0 radical (unpaired) electrons. The molecule has 1 heterocycles. The summed E-state index contributed by atoms with van der Waals surface area (Å²) in [5.74, 6) is -0.741. The van der Waals surface area contributed by atoms with E-state index < -0.39 is 21.8 Å². The quantitative estimate of drug-likeness (QED) is 0.544. The molecule has 2 aromatic carbocycles. The molecule has 0 aliphatic carbocycles. The van der Waals surface area contributed by atoms with Crippen LogP contribution in [-0.4, -0.2) is 71.6 Å². The molecule has 1 fully saturated rings. The number of hydrogen-bond donors (Lipinski definition) is 2. The molecule has 33 heavy (non-hydrogen) atoms. The summed E-state index contributed by atoms with van der Waals surface area (Å²) in [7, 11) is -0.609. The fourth-order valence-corrected chi connectivity index (χ4v) is 4.66. The second-order valence-corrected chi connectivity index (χ2v) is 9.12. The van der Waals surface area contributed by atoms with E-state index in [-0.39, 0.29) is 11.4 Å². The van der Waals surface area contributed by atoms with Gasteiger partial charge in [-0.25, -0.2) is 8.42 Å². The second-order valence-electron chi connectivity index (χ2n) is 7.19. The molecular weight excluding hydrogens is 450 g/mol. The lowest BCUT2D eigenvalue weighted by Gasteiger charge is -2.26. The molecule has 0 aromatic heterocycles. The molecule has 2 aromatic rings. The van der Waals surface area contributed by atoms with Crippen LogP contribution in [0.1, 0.15) is 5.56 Å². The third kappa shape index (κ3) is 6.21. The molecule has 0 atom stereocenters. The number of benzene rings is 2. The van der Waals surface area contributed by atoms with Gasteiger partial charge in [0.05, 0.1) is 38.0 Å². The first kappa shape index (κ1) is 24.5. The summed E-state index contributed by atoms with van der Waals surface area (Å²) >= 11 is 0. The zero-order valence-corrected chi connectivity index (χ0v) is 19.3. The minimum absolute atomic E-state index is 0.205. The number of nitrogens with zero attached hydrogens (tertiary/aromatic N) is 1. The number of ether oxygens (including phenoxy) is 3. The molecular formula is C22H27N3O7S. The Morgan fingerprint density at radius 1 is 1.00 bits per heavy atom. The van der Waals surface area contributed by atoms with E-state index in [4.69, 9.17) is 14.2 Å². The maximum Gasteiger partial charge on any atom is 0.313 e. The van der Waals surface area contributed by atoms with Crippen LogP contribution in [0.2, 0.25) is 0 Å². The molecule has 0 saturated carbocycles. The minimum atomic E-state index is -3.55. The van der Waals surface area contributed by atoms with E-state index in [9.17, 15) is 18.0 Å². The average Bonchev–Trinajstić information content (AvgIpc) is 2.84. The summed E-state index contributed by atoms with van der Waals surface area (Å²) in [5, 5.41) is 5.05. The molecule has 3 rings (SSSR count). The number of amides is 2. The van der Waals surface area contributed by atoms with Crippen molar-refractivity contribution in [2.45, 2.75) is 11.3 Å². The number of hydrogen-bond acceptors (Lipinski definition) is 7. The molecule has 1 aliphatic heterocycles. The number of carbonyl (C=O) groups is 2. The predicted octanol–water partition coefficient (Wildman–Crippen LogP) is 1.02. The Bertz CT molecular complexity index is 1080. The van der Waals surface area contributed by atoms with Gasteiger partial charge in [0.15, 0.2) is 0 Å². The van der Waals surface area contributed by atoms with Crippen molar-refractivity contribution in [2.75, 3.05) is 52.4 Å². The van der Waals surface area contributed by atoms with Crippen LogP contribution < -0.4 is 20.1 Å². The van der Waals surface area contributed by atoms with Gasteiger partial charge in [0.2, 0.25) is 10.0 Å². The maximum atomic E-state index is 12.7. The normalized spacial score (nSPS) is 14.4. The van der Waals surface area contributed by atoms with Crippen molar-refractivity contribution in [3.05, 3.63) is 48.0 Å². The van der Waals surface area contributed by atoms with E-state index in [0.717, 1.165) is 5.56 Å². The molecule has 1 aliphatic rings. The second kappa shape index (κ2) is 11.1. The van der Waals surface area contributed by atoms with E-state index >= 15 is 0 Å². The van der Waals surface area contributed by atoms with Crippen LogP contribution in [-0.2, 0) is 30.8 Å². The van der Waals surface area contributed by atoms with Crippen molar-refractivity contribution in [3.8, 4) is 11.5 Å². The SMILES string of the molecule is COc1ccc(OC)c(NC(=O)C(=O)NCCc2ccc(S(=O)(=O)N3CCOCC3)cc2)c1. The fraction of sp³-hybridized carbons (Fsp3) is 0.364. The van der Waals surface area contributed by atoms with Crippen molar-refractivity contribution in [1.29, 1.82) is 0 Å². The highest BCUT2D eigenvalue weighted by Crippen LogP contribution is 2.28. The lowest BCUT2D eigenvalue weighted by atomic mass is 10.1. The third-order valence-electron chi connectivity index (χ3n) is 5.09. The molecule has 0 bridgehead atoms. The van der Waals surface area contributed by atoms with Gasteiger partial charge in [0.1, 0.15) is 11.5 Å². The van der Waals surface area contributed by atoms with Crippen LogP contribution in [0.4, 0.5) is 5.69 Å². The number of carbonyl (C=O) groups excluding carboxylic acids is 2. The van der Waals surface area contributed by atoms with E-state index in [1.165, 1.54) is 18.5 Å². The van der Waals surface area contributed by atoms with Crippen LogP contribution in [0.5, 0.6) is 11.5 Å². The summed E-state index contributed by atoms with van der Waals surface area (Å²) < 4.78 is 42.2. The van der Waals surface area contributed by atoms with Crippen molar-refractivity contribution in [1.82, 2.24) is 9.62 Å². The monoisotopic (exact) mass is 477 g/mol. The Labute approximate surface area is 192 Å². The maximum absolute atomic E-state index is 12.7. The largest absolute Gasteiger partial charge is 0.497 e. The Kier molecular flexibility index (Phi) is 8.26. The number of sulfonamides is 1. The summed E-state index contributed by atoms with van der Waals surface area (Å²) in [6.07, 6.45) is 0.430. The molecule has 11 heteroatoms. The van der Waals surface area contributed by atoms with Gasteiger partial charge in [-0.05, 0) is 36.2 Å². The summed E-state index contributed by atoms with van der Waals surface area (Å²) in [4.78, 5) is 24.6. The zero-order valence-electron chi connectivity index (χ0n) is 18.5. The van der Waals surface area contributed by atoms with E-state index in [0.29, 0.717) is 49.9 Å². The Morgan fingerprint density at radius 3 is 2.33 bits per heavy atom. The van der Waals surface area contributed by atoms with Crippen molar-refractivity contribution in [2.24, 2.45) is 0 Å². The van der Waals surface area contributed by atoms with Gasteiger partial charge < -0.3 is 24.8 Å². The third-order valence-corrected chi connectivity index (χ3v) is 7.00. The van der Waals surface area contributed by atoms with E-state index in [2.05, 4.69) is 10.6 Å². The Hall–Kier alpha value is -3.15. The lowest BCUT2D eigenvalue weighted by molar-refractivity contribution is -0.136. The van der Waals surface area contributed by atoms with Crippen LogP contribution in [0.3, 0.4) is 0 Å². The molecule has 0 unspecified atom stereocenters. The van der Waals surface area contributed by atoms with E-state index in [1.807, 2.05) is 0 Å². The fourth-order valence-electron chi connectivity index (χ4n) is 3.26. The van der Waals surface area contributed by atoms with Crippen LogP contribution in [0.15, 0.2) is 47.4 Å². The highest BCUT2D eigenvalue weighted by molar-refractivity contribution is 7.89. The Morgan fingerprint density at radius 2 is 1.70 bits per heavy atom. The summed E-state index contributed by atoms with van der Waals surface area (Å²) in [6.45, 7) is 1.64. The number of nitrogens with one attached hydrogen (secondary N) is 2. The molecule has 2 N–H and O–H groups in total. The Balaban J connectivity index is 1.52. The first-order valence-corrected chi connectivity index (χ1v) is 11.8. The van der Waals surface area contributed by atoms with Crippen LogP contribution in [0.25, 0.3) is 0 Å². The van der Waals surface area contributed by atoms with Crippen molar-refractivity contribution < 1.29 is 32.2 Å². The number of rotatable bonds is 8. The number of anilines is 1. The molecule has 2 amide bonds. The van der Waals surface area contributed by atoms with Gasteiger partial charge in [-0.15, -0.1) is 0 Å². The lowest BCUT2D eigenvalue weighted by Crippen LogP contribution is -2.40.